The number of sulfonamides is 1. The molecule has 0 aromatic carbocycles. The number of nitrogens with one attached hydrogen (secondary N) is 1. The van der Waals surface area contributed by atoms with Gasteiger partial charge in [0, 0.05) is 26.7 Å². The van der Waals surface area contributed by atoms with E-state index < -0.39 is 10.0 Å². The Labute approximate surface area is 125 Å². The van der Waals surface area contributed by atoms with Crippen molar-refractivity contribution >= 4 is 10.0 Å². The highest BCUT2D eigenvalue weighted by atomic mass is 32.2. The van der Waals surface area contributed by atoms with Gasteiger partial charge in [-0.2, -0.15) is 0 Å². The minimum absolute atomic E-state index is 0.0442. The second-order valence-corrected chi connectivity index (χ2v) is 6.77. The fraction of sp³-hybridized carbons (Fsp3) is 0.692. The first-order valence-electron chi connectivity index (χ1n) is 6.94. The molecule has 0 saturated carbocycles. The lowest BCUT2D eigenvalue weighted by Gasteiger charge is -2.33. The van der Waals surface area contributed by atoms with Gasteiger partial charge in [0.2, 0.25) is 10.0 Å². The third-order valence-corrected chi connectivity index (χ3v) is 4.72. The maximum atomic E-state index is 11.9. The normalized spacial score (nSPS) is 18.7. The smallest absolute Gasteiger partial charge is 0.213 e. The lowest BCUT2D eigenvalue weighted by molar-refractivity contribution is 0.0128. The molecule has 0 spiro atoms. The monoisotopic (exact) mass is 318 g/mol. The molecule has 8 heteroatoms. The average molecular weight is 318 g/mol. The summed E-state index contributed by atoms with van der Waals surface area (Å²) in [7, 11) is -1.86. The van der Waals surface area contributed by atoms with Crippen molar-refractivity contribution in [2.24, 2.45) is 0 Å². The molecular formula is C13H22N2O5S. The van der Waals surface area contributed by atoms with Gasteiger partial charge in [0.05, 0.1) is 37.9 Å². The molecule has 1 unspecified atom stereocenters. The molecule has 1 fully saturated rings. The number of nitrogens with zero attached hydrogens (tertiary/aromatic N) is 1. The van der Waals surface area contributed by atoms with Crippen molar-refractivity contribution in [3.05, 3.63) is 24.2 Å². The van der Waals surface area contributed by atoms with Gasteiger partial charge in [-0.25, -0.2) is 13.1 Å². The summed E-state index contributed by atoms with van der Waals surface area (Å²) in [6.07, 6.45) is 1.60. The molecule has 1 aliphatic heterocycles. The number of hydrogen-bond acceptors (Lipinski definition) is 6. The summed E-state index contributed by atoms with van der Waals surface area (Å²) in [5, 5.41) is 0. The largest absolute Gasteiger partial charge is 0.468 e. The van der Waals surface area contributed by atoms with Gasteiger partial charge in [-0.1, -0.05) is 0 Å². The summed E-state index contributed by atoms with van der Waals surface area (Å²) >= 11 is 0. The predicted molar refractivity (Wildman–Crippen MR) is 77.5 cm³/mol. The van der Waals surface area contributed by atoms with Crippen LogP contribution in [0.1, 0.15) is 11.8 Å². The molecule has 0 aliphatic carbocycles. The Hall–Kier alpha value is -0.930. The molecule has 7 nitrogen and oxygen atoms in total. The summed E-state index contributed by atoms with van der Waals surface area (Å²) in [6, 6.07) is 3.55. The van der Waals surface area contributed by atoms with E-state index in [4.69, 9.17) is 13.9 Å². The van der Waals surface area contributed by atoms with Crippen LogP contribution in [0.25, 0.3) is 0 Å². The van der Waals surface area contributed by atoms with Crippen molar-refractivity contribution in [3.8, 4) is 0 Å². The third-order valence-electron chi connectivity index (χ3n) is 3.41. The van der Waals surface area contributed by atoms with Gasteiger partial charge < -0.3 is 13.9 Å². The predicted octanol–water partition coefficient (Wildman–Crippen LogP) is 0.219. The summed E-state index contributed by atoms with van der Waals surface area (Å²) in [5.41, 5.74) is 0. The minimum Gasteiger partial charge on any atom is -0.468 e. The van der Waals surface area contributed by atoms with E-state index in [2.05, 4.69) is 9.62 Å². The number of furan rings is 1. The van der Waals surface area contributed by atoms with Gasteiger partial charge in [0.15, 0.2) is 0 Å². The van der Waals surface area contributed by atoms with Crippen molar-refractivity contribution < 1.29 is 22.3 Å². The molecule has 1 saturated heterocycles. The van der Waals surface area contributed by atoms with Crippen LogP contribution in [0.15, 0.2) is 22.8 Å². The van der Waals surface area contributed by atoms with Crippen molar-refractivity contribution in [1.82, 2.24) is 9.62 Å². The Morgan fingerprint density at radius 3 is 2.81 bits per heavy atom. The lowest BCUT2D eigenvalue weighted by atomic mass is 10.2. The molecule has 1 atom stereocenters. The Kier molecular flexibility index (Phi) is 6.19. The van der Waals surface area contributed by atoms with Crippen LogP contribution in [0.5, 0.6) is 0 Å². The van der Waals surface area contributed by atoms with E-state index >= 15 is 0 Å². The van der Waals surface area contributed by atoms with Crippen LogP contribution in [0.2, 0.25) is 0 Å². The van der Waals surface area contributed by atoms with Gasteiger partial charge >= 0.3 is 0 Å². The van der Waals surface area contributed by atoms with Gasteiger partial charge in [0.1, 0.15) is 5.76 Å². The molecule has 1 N–H and O–H groups in total. The number of morpholine rings is 1. The first kappa shape index (κ1) is 16.4. The van der Waals surface area contributed by atoms with Crippen LogP contribution in [0.3, 0.4) is 0 Å². The molecule has 1 aromatic rings. The zero-order valence-corrected chi connectivity index (χ0v) is 13.0. The molecule has 1 aromatic heterocycles. The molecule has 1 aliphatic rings. The Bertz CT molecular complexity index is 497. The van der Waals surface area contributed by atoms with E-state index in [-0.39, 0.29) is 24.9 Å². The first-order chi connectivity index (χ1) is 10.1. The van der Waals surface area contributed by atoms with E-state index in [1.54, 1.807) is 6.26 Å². The zero-order valence-electron chi connectivity index (χ0n) is 12.2. The maximum absolute atomic E-state index is 11.9. The zero-order chi connectivity index (χ0) is 15.1. The molecular weight excluding hydrogens is 296 g/mol. The first-order valence-corrected chi connectivity index (χ1v) is 8.59. The Morgan fingerprint density at radius 2 is 2.19 bits per heavy atom. The second kappa shape index (κ2) is 7.90. The highest BCUT2D eigenvalue weighted by Gasteiger charge is 2.26. The van der Waals surface area contributed by atoms with E-state index in [1.807, 2.05) is 12.1 Å². The lowest BCUT2D eigenvalue weighted by Crippen LogP contribution is -2.44. The van der Waals surface area contributed by atoms with Gasteiger partial charge in [0.25, 0.3) is 0 Å². The fourth-order valence-electron chi connectivity index (χ4n) is 2.25. The van der Waals surface area contributed by atoms with Crippen LogP contribution >= 0.6 is 0 Å². The number of hydrogen-bond donors (Lipinski definition) is 1. The van der Waals surface area contributed by atoms with E-state index in [0.29, 0.717) is 13.2 Å². The highest BCUT2D eigenvalue weighted by Crippen LogP contribution is 2.21. The topological polar surface area (TPSA) is 81.0 Å². The number of methoxy groups -OCH3 is 1. The SMILES string of the molecule is COCCS(=O)(=O)NCC(c1ccco1)N1CCOCC1. The van der Waals surface area contributed by atoms with Crippen LogP contribution < -0.4 is 4.72 Å². The molecule has 0 radical (unpaired) electrons. The molecule has 0 bridgehead atoms. The second-order valence-electron chi connectivity index (χ2n) is 4.84. The van der Waals surface area contributed by atoms with Gasteiger partial charge in [-0.15, -0.1) is 0 Å². The summed E-state index contributed by atoms with van der Waals surface area (Å²) in [5.74, 6) is 0.712. The Balaban J connectivity index is 1.99. The summed E-state index contributed by atoms with van der Waals surface area (Å²) in [4.78, 5) is 2.17. The minimum atomic E-state index is -3.34. The van der Waals surface area contributed by atoms with Crippen molar-refractivity contribution in [2.75, 3.05) is 52.3 Å². The summed E-state index contributed by atoms with van der Waals surface area (Å²) < 4.78 is 42.0. The molecule has 2 rings (SSSR count). The highest BCUT2D eigenvalue weighted by molar-refractivity contribution is 7.89. The van der Waals surface area contributed by atoms with E-state index in [0.717, 1.165) is 18.8 Å². The maximum Gasteiger partial charge on any atom is 0.213 e. The average Bonchev–Trinajstić information content (AvgIpc) is 3.01. The summed E-state index contributed by atoms with van der Waals surface area (Å²) in [6.45, 7) is 3.26. The molecule has 21 heavy (non-hydrogen) atoms. The standard InChI is InChI=1S/C13H22N2O5S/c1-18-9-10-21(16,17)14-11-12(13-3-2-6-20-13)15-4-7-19-8-5-15/h2-3,6,12,14H,4-5,7-11H2,1H3. The molecule has 120 valence electrons. The molecule has 2 heterocycles. The van der Waals surface area contributed by atoms with Crippen LogP contribution in [0, 0.1) is 0 Å². The van der Waals surface area contributed by atoms with Crippen molar-refractivity contribution in [2.45, 2.75) is 6.04 Å². The van der Waals surface area contributed by atoms with Crippen LogP contribution in [-0.2, 0) is 19.5 Å². The number of rotatable bonds is 8. The quantitative estimate of drug-likeness (QED) is 0.738. The van der Waals surface area contributed by atoms with Gasteiger partial charge in [-0.05, 0) is 12.1 Å². The Morgan fingerprint density at radius 1 is 1.43 bits per heavy atom. The van der Waals surface area contributed by atoms with Crippen LogP contribution in [-0.4, -0.2) is 65.6 Å². The van der Waals surface area contributed by atoms with E-state index in [9.17, 15) is 8.42 Å². The third kappa shape index (κ3) is 5.08. The van der Waals surface area contributed by atoms with Crippen molar-refractivity contribution in [3.63, 3.8) is 0 Å². The van der Waals surface area contributed by atoms with Crippen molar-refractivity contribution in [1.29, 1.82) is 0 Å². The van der Waals surface area contributed by atoms with E-state index in [1.165, 1.54) is 7.11 Å². The number of ether oxygens (including phenoxy) is 2. The van der Waals surface area contributed by atoms with Crippen LogP contribution in [0.4, 0.5) is 0 Å². The molecule has 0 amide bonds. The fourth-order valence-corrected chi connectivity index (χ4v) is 3.19. The van der Waals surface area contributed by atoms with Gasteiger partial charge in [-0.3, -0.25) is 4.90 Å².